The van der Waals surface area contributed by atoms with Crippen LogP contribution in [-0.2, 0) is 4.74 Å². The van der Waals surface area contributed by atoms with Crippen molar-refractivity contribution < 1.29 is 14.6 Å². The van der Waals surface area contributed by atoms with Gasteiger partial charge in [0.1, 0.15) is 0 Å². The molecule has 1 saturated heterocycles. The molecule has 98 valence electrons. The normalized spacial score (nSPS) is 24.0. The summed E-state index contributed by atoms with van der Waals surface area (Å²) in [6.45, 7) is 5.51. The molecule has 0 bridgehead atoms. The molecule has 0 saturated carbocycles. The van der Waals surface area contributed by atoms with Gasteiger partial charge in [0.2, 0.25) is 0 Å². The molecule has 0 aromatic heterocycles. The van der Waals surface area contributed by atoms with E-state index in [-0.39, 0.29) is 12.1 Å². The third kappa shape index (κ3) is 2.48. The number of carbonyl (C=O) groups is 1. The van der Waals surface area contributed by atoms with Crippen LogP contribution in [0.25, 0.3) is 0 Å². The number of morpholine rings is 1. The minimum atomic E-state index is -0.875. The highest BCUT2D eigenvalue weighted by molar-refractivity contribution is 5.94. The number of rotatable bonds is 3. The number of benzene rings is 1. The van der Waals surface area contributed by atoms with Crippen LogP contribution in [0.15, 0.2) is 24.3 Å². The topological polar surface area (TPSA) is 49.8 Å². The number of aromatic carboxylic acids is 1. The average molecular weight is 249 g/mol. The molecule has 1 heterocycles. The molecule has 1 aliphatic heterocycles. The molecule has 1 fully saturated rings. The van der Waals surface area contributed by atoms with Crippen molar-refractivity contribution in [2.24, 2.45) is 0 Å². The summed E-state index contributed by atoms with van der Waals surface area (Å²) in [6, 6.07) is 7.43. The van der Waals surface area contributed by atoms with E-state index in [0.717, 1.165) is 18.7 Å². The quantitative estimate of drug-likeness (QED) is 0.893. The first-order chi connectivity index (χ1) is 8.63. The minimum Gasteiger partial charge on any atom is -0.478 e. The molecule has 2 atom stereocenters. The predicted octanol–water partition coefficient (Wildman–Crippen LogP) is 2.39. The Morgan fingerprint density at radius 2 is 2.22 bits per heavy atom. The summed E-state index contributed by atoms with van der Waals surface area (Å²) >= 11 is 0. The fourth-order valence-corrected chi connectivity index (χ4v) is 2.38. The van der Waals surface area contributed by atoms with E-state index in [0.29, 0.717) is 12.2 Å². The van der Waals surface area contributed by atoms with Crippen molar-refractivity contribution in [2.75, 3.05) is 18.1 Å². The number of para-hydroxylation sites is 1. The largest absolute Gasteiger partial charge is 0.478 e. The highest BCUT2D eigenvalue weighted by Crippen LogP contribution is 2.27. The molecule has 4 heteroatoms. The molecule has 4 nitrogen and oxygen atoms in total. The molecule has 18 heavy (non-hydrogen) atoms. The van der Waals surface area contributed by atoms with Gasteiger partial charge in [-0.05, 0) is 25.5 Å². The maximum absolute atomic E-state index is 11.3. The summed E-state index contributed by atoms with van der Waals surface area (Å²) in [5, 5.41) is 9.26. The Morgan fingerprint density at radius 3 is 2.89 bits per heavy atom. The molecule has 1 aliphatic rings. The lowest BCUT2D eigenvalue weighted by molar-refractivity contribution is 0.0297. The van der Waals surface area contributed by atoms with E-state index in [4.69, 9.17) is 4.74 Å². The number of anilines is 1. The molecule has 1 aromatic rings. The molecular weight excluding hydrogens is 230 g/mol. The molecule has 2 rings (SSSR count). The molecular formula is C14H19NO3. The fraction of sp³-hybridized carbons (Fsp3) is 0.500. The van der Waals surface area contributed by atoms with Crippen LogP contribution in [0, 0.1) is 0 Å². The zero-order valence-corrected chi connectivity index (χ0v) is 10.8. The van der Waals surface area contributed by atoms with Crippen LogP contribution in [0.5, 0.6) is 0 Å². The molecule has 2 unspecified atom stereocenters. The smallest absolute Gasteiger partial charge is 0.337 e. The van der Waals surface area contributed by atoms with Crippen molar-refractivity contribution in [3.8, 4) is 0 Å². The Kier molecular flexibility index (Phi) is 3.87. The van der Waals surface area contributed by atoms with Crippen molar-refractivity contribution in [1.82, 2.24) is 0 Å². The highest BCUT2D eigenvalue weighted by Gasteiger charge is 2.28. The number of carboxylic acids is 1. The van der Waals surface area contributed by atoms with Crippen molar-refractivity contribution >= 4 is 11.7 Å². The van der Waals surface area contributed by atoms with Gasteiger partial charge in [-0.3, -0.25) is 0 Å². The molecule has 0 spiro atoms. The first-order valence-electron chi connectivity index (χ1n) is 6.34. The maximum Gasteiger partial charge on any atom is 0.337 e. The third-order valence-electron chi connectivity index (χ3n) is 3.38. The molecule has 0 aliphatic carbocycles. The lowest BCUT2D eigenvalue weighted by atomic mass is 10.1. The zero-order chi connectivity index (χ0) is 13.1. The van der Waals surface area contributed by atoms with Crippen LogP contribution in [0.2, 0.25) is 0 Å². The van der Waals surface area contributed by atoms with Crippen LogP contribution in [0.3, 0.4) is 0 Å². The third-order valence-corrected chi connectivity index (χ3v) is 3.38. The molecule has 0 radical (unpaired) electrons. The second-order valence-electron chi connectivity index (χ2n) is 4.68. The average Bonchev–Trinajstić information content (AvgIpc) is 2.38. The fourth-order valence-electron chi connectivity index (χ4n) is 2.38. The number of hydrogen-bond acceptors (Lipinski definition) is 3. The van der Waals surface area contributed by atoms with Gasteiger partial charge in [-0.2, -0.15) is 0 Å². The van der Waals surface area contributed by atoms with Crippen LogP contribution >= 0.6 is 0 Å². The van der Waals surface area contributed by atoms with Crippen molar-refractivity contribution in [3.63, 3.8) is 0 Å². The predicted molar refractivity (Wildman–Crippen MR) is 70.2 cm³/mol. The van der Waals surface area contributed by atoms with Crippen molar-refractivity contribution in [3.05, 3.63) is 29.8 Å². The Balaban J connectivity index is 2.36. The summed E-state index contributed by atoms with van der Waals surface area (Å²) in [4.78, 5) is 13.4. The number of ether oxygens (including phenoxy) is 1. The van der Waals surface area contributed by atoms with Gasteiger partial charge in [0, 0.05) is 6.54 Å². The Labute approximate surface area is 107 Å². The molecule has 0 amide bonds. The van der Waals surface area contributed by atoms with Gasteiger partial charge < -0.3 is 14.7 Å². The lowest BCUT2D eigenvalue weighted by Crippen LogP contribution is -2.49. The molecule has 1 N–H and O–H groups in total. The Hall–Kier alpha value is -1.55. The van der Waals surface area contributed by atoms with Crippen LogP contribution < -0.4 is 4.90 Å². The summed E-state index contributed by atoms with van der Waals surface area (Å²) in [5.74, 6) is -0.875. The first-order valence-corrected chi connectivity index (χ1v) is 6.34. The van der Waals surface area contributed by atoms with E-state index in [1.807, 2.05) is 19.1 Å². The maximum atomic E-state index is 11.3. The van der Waals surface area contributed by atoms with E-state index in [1.54, 1.807) is 12.1 Å². The van der Waals surface area contributed by atoms with Gasteiger partial charge in [0.15, 0.2) is 0 Å². The van der Waals surface area contributed by atoms with Crippen molar-refractivity contribution in [1.29, 1.82) is 0 Å². The van der Waals surface area contributed by atoms with Crippen LogP contribution in [0.4, 0.5) is 5.69 Å². The zero-order valence-electron chi connectivity index (χ0n) is 10.8. The van der Waals surface area contributed by atoms with E-state index in [9.17, 15) is 9.90 Å². The van der Waals surface area contributed by atoms with Gasteiger partial charge >= 0.3 is 5.97 Å². The number of nitrogens with zero attached hydrogens (tertiary/aromatic N) is 1. The second kappa shape index (κ2) is 5.40. The van der Waals surface area contributed by atoms with Gasteiger partial charge in [-0.15, -0.1) is 0 Å². The summed E-state index contributed by atoms with van der Waals surface area (Å²) in [7, 11) is 0. The van der Waals surface area contributed by atoms with Gasteiger partial charge in [0.05, 0.1) is 30.0 Å². The van der Waals surface area contributed by atoms with E-state index in [1.165, 1.54) is 0 Å². The monoisotopic (exact) mass is 249 g/mol. The minimum absolute atomic E-state index is 0.134. The second-order valence-corrected chi connectivity index (χ2v) is 4.68. The summed E-state index contributed by atoms with van der Waals surface area (Å²) in [5.41, 5.74) is 1.16. The standard InChI is InChI=1S/C14H19NO3/c1-3-11-9-18-10(2)8-15(11)13-7-5-4-6-12(13)14(16)17/h4-7,10-11H,3,8-9H2,1-2H3,(H,16,17). The number of carboxylic acid groups (broad SMARTS) is 1. The highest BCUT2D eigenvalue weighted by atomic mass is 16.5. The van der Waals surface area contributed by atoms with E-state index >= 15 is 0 Å². The first kappa shape index (κ1) is 12.9. The van der Waals surface area contributed by atoms with E-state index < -0.39 is 5.97 Å². The van der Waals surface area contributed by atoms with Gasteiger partial charge in [-0.1, -0.05) is 19.1 Å². The van der Waals surface area contributed by atoms with Gasteiger partial charge in [0.25, 0.3) is 0 Å². The van der Waals surface area contributed by atoms with Crippen LogP contribution in [0.1, 0.15) is 30.6 Å². The van der Waals surface area contributed by atoms with E-state index in [2.05, 4.69) is 11.8 Å². The Morgan fingerprint density at radius 1 is 1.50 bits per heavy atom. The number of hydrogen-bond donors (Lipinski definition) is 1. The lowest BCUT2D eigenvalue weighted by Gasteiger charge is -2.40. The Bertz CT molecular complexity index is 433. The van der Waals surface area contributed by atoms with Crippen molar-refractivity contribution in [2.45, 2.75) is 32.4 Å². The summed E-state index contributed by atoms with van der Waals surface area (Å²) in [6.07, 6.45) is 1.08. The van der Waals surface area contributed by atoms with Crippen LogP contribution in [-0.4, -0.2) is 36.4 Å². The van der Waals surface area contributed by atoms with Gasteiger partial charge in [-0.25, -0.2) is 4.79 Å². The molecule has 1 aromatic carbocycles. The SMILES string of the molecule is CCC1COC(C)CN1c1ccccc1C(=O)O. The summed E-state index contributed by atoms with van der Waals surface area (Å²) < 4.78 is 5.64.